The molecule has 0 unspecified atom stereocenters. The Kier molecular flexibility index (Phi) is 3.78. The smallest absolute Gasteiger partial charge is 0.157 e. The van der Waals surface area contributed by atoms with Gasteiger partial charge in [-0.2, -0.15) is 0 Å². The zero-order chi connectivity index (χ0) is 17.2. The van der Waals surface area contributed by atoms with E-state index < -0.39 is 0 Å². The number of aromatic nitrogens is 3. The van der Waals surface area contributed by atoms with Crippen molar-refractivity contribution >= 4 is 17.2 Å². The summed E-state index contributed by atoms with van der Waals surface area (Å²) in [6.07, 6.45) is 5.22. The Labute approximate surface area is 143 Å². The Bertz CT molecular complexity index is 1010. The molecular formula is C19H15FN4O. The van der Waals surface area contributed by atoms with Crippen LogP contribution in [0.2, 0.25) is 0 Å². The Morgan fingerprint density at radius 1 is 1.04 bits per heavy atom. The summed E-state index contributed by atoms with van der Waals surface area (Å²) in [7, 11) is 1.63. The first-order valence-corrected chi connectivity index (χ1v) is 7.74. The maximum absolute atomic E-state index is 13.3. The van der Waals surface area contributed by atoms with E-state index in [2.05, 4.69) is 15.3 Å². The zero-order valence-electron chi connectivity index (χ0n) is 13.5. The van der Waals surface area contributed by atoms with Crippen LogP contribution in [-0.4, -0.2) is 21.5 Å². The minimum absolute atomic E-state index is 0.279. The molecule has 0 aliphatic heterocycles. The Morgan fingerprint density at radius 2 is 1.80 bits per heavy atom. The minimum atomic E-state index is -0.279. The number of imidazole rings is 1. The maximum atomic E-state index is 13.3. The molecule has 4 rings (SSSR count). The van der Waals surface area contributed by atoms with Crippen molar-refractivity contribution in [3.63, 3.8) is 0 Å². The number of rotatable bonds is 4. The van der Waals surface area contributed by atoms with E-state index in [4.69, 9.17) is 4.74 Å². The molecular weight excluding hydrogens is 319 g/mol. The van der Waals surface area contributed by atoms with E-state index in [1.807, 2.05) is 34.9 Å². The van der Waals surface area contributed by atoms with Crippen LogP contribution >= 0.6 is 0 Å². The van der Waals surface area contributed by atoms with Gasteiger partial charge in [0.25, 0.3) is 0 Å². The molecule has 0 saturated carbocycles. The minimum Gasteiger partial charge on any atom is -0.497 e. The first-order chi connectivity index (χ1) is 12.2. The monoisotopic (exact) mass is 334 g/mol. The molecule has 2 aromatic heterocycles. The molecule has 2 heterocycles. The van der Waals surface area contributed by atoms with Gasteiger partial charge in [0.1, 0.15) is 23.1 Å². The fraction of sp³-hybridized carbons (Fsp3) is 0.0526. The van der Waals surface area contributed by atoms with Gasteiger partial charge < -0.3 is 10.1 Å². The number of ether oxygens (including phenoxy) is 1. The van der Waals surface area contributed by atoms with E-state index in [9.17, 15) is 4.39 Å². The fourth-order valence-electron chi connectivity index (χ4n) is 2.65. The molecule has 0 radical (unpaired) electrons. The molecule has 2 aromatic carbocycles. The first-order valence-electron chi connectivity index (χ1n) is 7.74. The number of benzene rings is 2. The van der Waals surface area contributed by atoms with E-state index in [-0.39, 0.29) is 5.82 Å². The third-order valence-electron chi connectivity index (χ3n) is 3.90. The normalized spacial score (nSPS) is 10.8. The second kappa shape index (κ2) is 6.24. The molecule has 5 nitrogen and oxygen atoms in total. The third-order valence-corrected chi connectivity index (χ3v) is 3.90. The van der Waals surface area contributed by atoms with E-state index in [1.165, 1.54) is 12.1 Å². The highest BCUT2D eigenvalue weighted by Gasteiger charge is 2.14. The van der Waals surface area contributed by atoms with E-state index in [1.54, 1.807) is 31.6 Å². The Morgan fingerprint density at radius 3 is 2.52 bits per heavy atom. The molecule has 0 fully saturated rings. The standard InChI is InChI=1S/C19H15FN4O/c1-25-16-8-6-15(7-9-16)22-19-18(13-2-4-14(20)5-3-13)23-17-12-21-10-11-24(17)19/h2-12,22H,1H3. The lowest BCUT2D eigenvalue weighted by atomic mass is 10.1. The lowest BCUT2D eigenvalue weighted by Crippen LogP contribution is -1.97. The van der Waals surface area contributed by atoms with Crippen molar-refractivity contribution < 1.29 is 9.13 Å². The molecule has 124 valence electrons. The number of fused-ring (bicyclic) bond motifs is 1. The van der Waals surface area contributed by atoms with Crippen molar-refractivity contribution in [2.24, 2.45) is 0 Å². The molecule has 0 aliphatic carbocycles. The first kappa shape index (κ1) is 15.1. The molecule has 0 amide bonds. The topological polar surface area (TPSA) is 51.5 Å². The number of methoxy groups -OCH3 is 1. The quantitative estimate of drug-likeness (QED) is 0.605. The van der Waals surface area contributed by atoms with Crippen LogP contribution in [0.25, 0.3) is 16.9 Å². The van der Waals surface area contributed by atoms with Crippen LogP contribution in [0.3, 0.4) is 0 Å². The lowest BCUT2D eigenvalue weighted by molar-refractivity contribution is 0.415. The summed E-state index contributed by atoms with van der Waals surface area (Å²) in [6.45, 7) is 0. The average molecular weight is 334 g/mol. The van der Waals surface area contributed by atoms with Gasteiger partial charge in [0.05, 0.1) is 13.3 Å². The van der Waals surface area contributed by atoms with Gasteiger partial charge in [0.2, 0.25) is 0 Å². The summed E-state index contributed by atoms with van der Waals surface area (Å²) in [6, 6.07) is 13.9. The highest BCUT2D eigenvalue weighted by Crippen LogP contribution is 2.31. The van der Waals surface area contributed by atoms with Gasteiger partial charge in [-0.25, -0.2) is 9.37 Å². The van der Waals surface area contributed by atoms with Crippen molar-refractivity contribution in [3.05, 3.63) is 72.9 Å². The Hall–Kier alpha value is -3.41. The van der Waals surface area contributed by atoms with Gasteiger partial charge in [-0.1, -0.05) is 0 Å². The molecule has 0 spiro atoms. The number of hydrogen-bond donors (Lipinski definition) is 1. The predicted octanol–water partition coefficient (Wildman–Crippen LogP) is 4.29. The lowest BCUT2D eigenvalue weighted by Gasteiger charge is -2.09. The number of nitrogens with one attached hydrogen (secondary N) is 1. The number of hydrogen-bond acceptors (Lipinski definition) is 4. The number of nitrogens with zero attached hydrogens (tertiary/aromatic N) is 3. The van der Waals surface area contributed by atoms with Gasteiger partial charge >= 0.3 is 0 Å². The largest absolute Gasteiger partial charge is 0.497 e. The summed E-state index contributed by atoms with van der Waals surface area (Å²) in [5.74, 6) is 1.29. The van der Waals surface area contributed by atoms with Crippen LogP contribution in [0, 0.1) is 5.82 Å². The van der Waals surface area contributed by atoms with Crippen molar-refractivity contribution in [1.82, 2.24) is 14.4 Å². The molecule has 0 aliphatic rings. The van der Waals surface area contributed by atoms with Crippen LogP contribution in [0.5, 0.6) is 5.75 Å². The van der Waals surface area contributed by atoms with E-state index in [0.29, 0.717) is 5.65 Å². The number of halogens is 1. The van der Waals surface area contributed by atoms with Gasteiger partial charge in [-0.15, -0.1) is 0 Å². The predicted molar refractivity (Wildman–Crippen MR) is 94.7 cm³/mol. The summed E-state index contributed by atoms with van der Waals surface area (Å²) < 4.78 is 20.4. The van der Waals surface area contributed by atoms with Crippen LogP contribution < -0.4 is 10.1 Å². The fourth-order valence-corrected chi connectivity index (χ4v) is 2.65. The highest BCUT2D eigenvalue weighted by molar-refractivity contribution is 5.79. The van der Waals surface area contributed by atoms with Crippen LogP contribution in [0.1, 0.15) is 0 Å². The van der Waals surface area contributed by atoms with Crippen molar-refractivity contribution in [1.29, 1.82) is 0 Å². The van der Waals surface area contributed by atoms with E-state index in [0.717, 1.165) is 28.5 Å². The van der Waals surface area contributed by atoms with E-state index >= 15 is 0 Å². The average Bonchev–Trinajstić information content (AvgIpc) is 3.02. The van der Waals surface area contributed by atoms with Gasteiger partial charge in [-0.3, -0.25) is 9.38 Å². The number of anilines is 2. The molecule has 6 heteroatoms. The van der Waals surface area contributed by atoms with Gasteiger partial charge in [0.15, 0.2) is 5.65 Å². The van der Waals surface area contributed by atoms with Crippen LogP contribution in [0.15, 0.2) is 67.1 Å². The molecule has 4 aromatic rings. The van der Waals surface area contributed by atoms with Crippen molar-refractivity contribution in [2.75, 3.05) is 12.4 Å². The second-order valence-electron chi connectivity index (χ2n) is 5.47. The van der Waals surface area contributed by atoms with Crippen LogP contribution in [0.4, 0.5) is 15.9 Å². The maximum Gasteiger partial charge on any atom is 0.157 e. The van der Waals surface area contributed by atoms with Crippen LogP contribution in [-0.2, 0) is 0 Å². The molecule has 0 atom stereocenters. The van der Waals surface area contributed by atoms with Crippen molar-refractivity contribution in [2.45, 2.75) is 0 Å². The summed E-state index contributed by atoms with van der Waals surface area (Å²) in [4.78, 5) is 8.75. The Balaban J connectivity index is 1.82. The third kappa shape index (κ3) is 2.89. The second-order valence-corrected chi connectivity index (χ2v) is 5.47. The molecule has 0 bridgehead atoms. The van der Waals surface area contributed by atoms with Gasteiger partial charge in [0, 0.05) is 23.6 Å². The molecule has 1 N–H and O–H groups in total. The SMILES string of the molecule is COc1ccc(Nc2c(-c3ccc(F)cc3)nc3cnccn23)cc1. The summed E-state index contributed by atoms with van der Waals surface area (Å²) >= 11 is 0. The molecule has 0 saturated heterocycles. The zero-order valence-corrected chi connectivity index (χ0v) is 13.5. The van der Waals surface area contributed by atoms with Crippen molar-refractivity contribution in [3.8, 4) is 17.0 Å². The van der Waals surface area contributed by atoms with Gasteiger partial charge in [-0.05, 0) is 48.5 Å². The highest BCUT2D eigenvalue weighted by atomic mass is 19.1. The summed E-state index contributed by atoms with van der Waals surface area (Å²) in [5, 5.41) is 3.38. The summed E-state index contributed by atoms with van der Waals surface area (Å²) in [5.41, 5.74) is 3.14. The molecule has 25 heavy (non-hydrogen) atoms.